The molecule has 0 atom stereocenters. The highest BCUT2D eigenvalue weighted by Crippen LogP contribution is 2.29. The van der Waals surface area contributed by atoms with Crippen LogP contribution >= 0.6 is 11.3 Å². The maximum atomic E-state index is 12.7. The Hall–Kier alpha value is -2.75. The summed E-state index contributed by atoms with van der Waals surface area (Å²) in [6.07, 6.45) is 0. The van der Waals surface area contributed by atoms with Gasteiger partial charge in [-0.1, -0.05) is 12.1 Å². The molecule has 7 nitrogen and oxygen atoms in total. The standard InChI is InChI=1S/C22H25N3O4S2/c1-5-29-18-10-8-17(9-11-18)22-24-15(2)20(30-22)21(26)23-14-16-6-12-19(13-7-16)31(27,28)25(3)4/h6-13H,5,14H2,1-4H3,(H,23,26). The van der Waals surface area contributed by atoms with Gasteiger partial charge in [-0.05, 0) is 55.8 Å². The van der Waals surface area contributed by atoms with Crippen LogP contribution in [0.2, 0.25) is 0 Å². The van der Waals surface area contributed by atoms with Crippen LogP contribution in [-0.4, -0.2) is 44.3 Å². The van der Waals surface area contributed by atoms with Crippen molar-refractivity contribution in [3.8, 4) is 16.3 Å². The van der Waals surface area contributed by atoms with Crippen molar-refractivity contribution in [2.45, 2.75) is 25.3 Å². The highest BCUT2D eigenvalue weighted by molar-refractivity contribution is 7.89. The second-order valence-corrected chi connectivity index (χ2v) is 10.2. The minimum Gasteiger partial charge on any atom is -0.494 e. The number of amides is 1. The second kappa shape index (κ2) is 9.59. The van der Waals surface area contributed by atoms with Gasteiger partial charge in [-0.2, -0.15) is 0 Å². The van der Waals surface area contributed by atoms with Crippen molar-refractivity contribution >= 4 is 27.3 Å². The number of aromatic nitrogens is 1. The number of ether oxygens (including phenoxy) is 1. The van der Waals surface area contributed by atoms with Crippen molar-refractivity contribution in [3.63, 3.8) is 0 Å². The molecule has 9 heteroatoms. The van der Waals surface area contributed by atoms with E-state index >= 15 is 0 Å². The van der Waals surface area contributed by atoms with Crippen LogP contribution in [0.25, 0.3) is 10.6 Å². The number of carbonyl (C=O) groups excluding carboxylic acids is 1. The van der Waals surface area contributed by atoms with Gasteiger partial charge in [-0.15, -0.1) is 11.3 Å². The molecule has 1 aromatic heterocycles. The normalized spacial score (nSPS) is 11.5. The van der Waals surface area contributed by atoms with Gasteiger partial charge in [0.25, 0.3) is 5.91 Å². The van der Waals surface area contributed by atoms with E-state index in [1.807, 2.05) is 38.1 Å². The number of benzene rings is 2. The lowest BCUT2D eigenvalue weighted by molar-refractivity contribution is 0.0954. The first-order valence-electron chi connectivity index (χ1n) is 9.72. The van der Waals surface area contributed by atoms with E-state index < -0.39 is 10.0 Å². The Morgan fingerprint density at radius 3 is 2.32 bits per heavy atom. The molecule has 1 amide bonds. The van der Waals surface area contributed by atoms with E-state index in [0.29, 0.717) is 17.2 Å². The molecule has 0 spiro atoms. The fourth-order valence-corrected chi connectivity index (χ4v) is 4.73. The van der Waals surface area contributed by atoms with E-state index in [1.54, 1.807) is 24.3 Å². The second-order valence-electron chi connectivity index (χ2n) is 7.00. The molecule has 0 bridgehead atoms. The molecule has 0 saturated heterocycles. The lowest BCUT2D eigenvalue weighted by Crippen LogP contribution is -2.23. The summed E-state index contributed by atoms with van der Waals surface area (Å²) in [5, 5.41) is 3.65. The van der Waals surface area contributed by atoms with Crippen LogP contribution in [0.3, 0.4) is 0 Å². The SMILES string of the molecule is CCOc1ccc(-c2nc(C)c(C(=O)NCc3ccc(S(=O)(=O)N(C)C)cc3)s2)cc1. The fraction of sp³-hybridized carbons (Fsp3) is 0.273. The van der Waals surface area contributed by atoms with Crippen LogP contribution in [-0.2, 0) is 16.6 Å². The molecule has 0 radical (unpaired) electrons. The van der Waals surface area contributed by atoms with E-state index in [1.165, 1.54) is 25.4 Å². The summed E-state index contributed by atoms with van der Waals surface area (Å²) in [5.41, 5.74) is 2.40. The van der Waals surface area contributed by atoms with E-state index in [9.17, 15) is 13.2 Å². The molecule has 0 fully saturated rings. The first-order valence-corrected chi connectivity index (χ1v) is 12.0. The number of hydrogen-bond donors (Lipinski definition) is 1. The highest BCUT2D eigenvalue weighted by atomic mass is 32.2. The molecule has 0 unspecified atom stereocenters. The molecule has 164 valence electrons. The van der Waals surface area contributed by atoms with Crippen LogP contribution in [0.15, 0.2) is 53.4 Å². The summed E-state index contributed by atoms with van der Waals surface area (Å²) in [7, 11) is -0.495. The van der Waals surface area contributed by atoms with Crippen molar-refractivity contribution in [2.75, 3.05) is 20.7 Å². The summed E-state index contributed by atoms with van der Waals surface area (Å²) in [4.78, 5) is 18.0. The number of thiazole rings is 1. The summed E-state index contributed by atoms with van der Waals surface area (Å²) in [6.45, 7) is 4.64. The molecule has 0 aliphatic carbocycles. The van der Waals surface area contributed by atoms with Crippen molar-refractivity contribution in [3.05, 3.63) is 64.7 Å². The van der Waals surface area contributed by atoms with Gasteiger partial charge >= 0.3 is 0 Å². The zero-order valence-electron chi connectivity index (χ0n) is 17.9. The van der Waals surface area contributed by atoms with Gasteiger partial charge in [0.2, 0.25) is 10.0 Å². The van der Waals surface area contributed by atoms with Crippen LogP contribution in [0.4, 0.5) is 0 Å². The molecule has 0 saturated carbocycles. The summed E-state index contributed by atoms with van der Waals surface area (Å²) in [5.74, 6) is 0.582. The predicted octanol–water partition coefficient (Wildman–Crippen LogP) is 3.70. The smallest absolute Gasteiger partial charge is 0.263 e. The Balaban J connectivity index is 1.67. The Bertz CT molecular complexity index is 1150. The van der Waals surface area contributed by atoms with Gasteiger partial charge < -0.3 is 10.1 Å². The average Bonchev–Trinajstić information content (AvgIpc) is 3.14. The summed E-state index contributed by atoms with van der Waals surface area (Å²) < 4.78 is 30.9. The summed E-state index contributed by atoms with van der Waals surface area (Å²) in [6, 6.07) is 14.1. The van der Waals surface area contributed by atoms with Gasteiger partial charge in [0, 0.05) is 26.2 Å². The number of rotatable bonds is 8. The Morgan fingerprint density at radius 1 is 1.10 bits per heavy atom. The van der Waals surface area contributed by atoms with E-state index in [0.717, 1.165) is 26.2 Å². The van der Waals surface area contributed by atoms with E-state index in [4.69, 9.17) is 4.74 Å². The average molecular weight is 460 g/mol. The minimum absolute atomic E-state index is 0.211. The third-order valence-electron chi connectivity index (χ3n) is 4.57. The lowest BCUT2D eigenvalue weighted by Gasteiger charge is -2.11. The fourth-order valence-electron chi connectivity index (χ4n) is 2.84. The topological polar surface area (TPSA) is 88.6 Å². The van der Waals surface area contributed by atoms with Gasteiger partial charge in [0.15, 0.2) is 0 Å². The maximum Gasteiger partial charge on any atom is 0.263 e. The quantitative estimate of drug-likeness (QED) is 0.555. The first kappa shape index (κ1) is 22.9. The predicted molar refractivity (Wildman–Crippen MR) is 122 cm³/mol. The van der Waals surface area contributed by atoms with Gasteiger partial charge in [0.05, 0.1) is 17.2 Å². The molecule has 0 aliphatic rings. The van der Waals surface area contributed by atoms with Crippen molar-refractivity contribution < 1.29 is 17.9 Å². The molecular formula is C22H25N3O4S2. The molecule has 3 rings (SSSR count). The molecule has 2 aromatic carbocycles. The number of aryl methyl sites for hydroxylation is 1. The van der Waals surface area contributed by atoms with Gasteiger partial charge in [0.1, 0.15) is 15.6 Å². The van der Waals surface area contributed by atoms with E-state index in [-0.39, 0.29) is 17.3 Å². The minimum atomic E-state index is -3.47. The van der Waals surface area contributed by atoms with Gasteiger partial charge in [-0.3, -0.25) is 4.79 Å². The number of carbonyl (C=O) groups is 1. The van der Waals surface area contributed by atoms with Crippen LogP contribution in [0, 0.1) is 6.92 Å². The first-order chi connectivity index (χ1) is 14.7. The van der Waals surface area contributed by atoms with Crippen molar-refractivity contribution in [2.24, 2.45) is 0 Å². The number of nitrogens with zero attached hydrogens (tertiary/aromatic N) is 2. The zero-order valence-corrected chi connectivity index (χ0v) is 19.5. The molecule has 1 heterocycles. The summed E-state index contributed by atoms with van der Waals surface area (Å²) >= 11 is 1.34. The number of sulfonamides is 1. The number of nitrogens with one attached hydrogen (secondary N) is 1. The van der Waals surface area contributed by atoms with Crippen LogP contribution in [0.1, 0.15) is 27.9 Å². The van der Waals surface area contributed by atoms with Crippen molar-refractivity contribution in [1.29, 1.82) is 0 Å². The Labute approximate surface area is 186 Å². The maximum absolute atomic E-state index is 12.7. The molecule has 3 aromatic rings. The van der Waals surface area contributed by atoms with E-state index in [2.05, 4.69) is 10.3 Å². The third-order valence-corrected chi connectivity index (χ3v) is 7.60. The Kier molecular flexibility index (Phi) is 7.09. The van der Waals surface area contributed by atoms with Crippen LogP contribution < -0.4 is 10.1 Å². The highest BCUT2D eigenvalue weighted by Gasteiger charge is 2.18. The lowest BCUT2D eigenvalue weighted by atomic mass is 10.2. The van der Waals surface area contributed by atoms with Gasteiger partial charge in [-0.25, -0.2) is 17.7 Å². The molecule has 0 aliphatic heterocycles. The molecule has 31 heavy (non-hydrogen) atoms. The van der Waals surface area contributed by atoms with Crippen LogP contribution in [0.5, 0.6) is 5.75 Å². The monoisotopic (exact) mass is 459 g/mol. The number of hydrogen-bond acceptors (Lipinski definition) is 6. The third kappa shape index (κ3) is 5.30. The molecular weight excluding hydrogens is 434 g/mol. The Morgan fingerprint density at radius 2 is 1.74 bits per heavy atom. The largest absolute Gasteiger partial charge is 0.494 e. The molecule has 1 N–H and O–H groups in total. The zero-order chi connectivity index (χ0) is 22.6. The van der Waals surface area contributed by atoms with Crippen molar-refractivity contribution in [1.82, 2.24) is 14.6 Å².